The zero-order valence-electron chi connectivity index (χ0n) is 32.1. The number of aromatic nitrogens is 1. The maximum absolute atomic E-state index is 14.0. The van der Waals surface area contributed by atoms with Crippen molar-refractivity contribution in [1.29, 1.82) is 0 Å². The summed E-state index contributed by atoms with van der Waals surface area (Å²) in [5, 5.41) is 28.6. The molecule has 2 atom stereocenters. The van der Waals surface area contributed by atoms with Crippen molar-refractivity contribution in [3.63, 3.8) is 0 Å². The van der Waals surface area contributed by atoms with Crippen molar-refractivity contribution in [1.82, 2.24) is 4.57 Å². The van der Waals surface area contributed by atoms with E-state index in [-0.39, 0.29) is 84.3 Å². The number of esters is 1. The number of rotatable bonds is 14. The predicted octanol–water partition coefficient (Wildman–Crippen LogP) is -0.442. The van der Waals surface area contributed by atoms with E-state index in [2.05, 4.69) is 14.5 Å². The second-order valence-corrected chi connectivity index (χ2v) is 14.1. The molecule has 290 valence electrons. The number of carbonyl (C=O) groups excluding carboxylic acids is 2. The molecule has 4 aromatic carbocycles. The van der Waals surface area contributed by atoms with Gasteiger partial charge in [0.15, 0.2) is 0 Å². The molecule has 2 heterocycles. The summed E-state index contributed by atoms with van der Waals surface area (Å²) < 4.78 is 38.1. The van der Waals surface area contributed by atoms with Crippen molar-refractivity contribution in [3.8, 4) is 0 Å². The van der Waals surface area contributed by atoms with Crippen LogP contribution >= 0.6 is 7.82 Å². The first kappa shape index (κ1) is 46.4. The third kappa shape index (κ3) is 12.1. The standard InChI is InChI=1S/C40H38N3O12P.2Na/c1-26(28-10-4-3-5-11-28)41-37(45)40(2,42-38(46)51-24-32-20-30-12-6-9-15-35(30)55-32)21-31-22-43(34-14-8-7-13-33(31)34)39(47)53-25-52-36(44)29-18-16-27(17-19-29)23-54-56(48,49)50;;/h3-20,22,26H,21,23-25H2,1-2H3,(H,41,45)(H,42,46)(H2,48,49,50);;/q;2*+1/p-2/t26-,40+;;/m0../s1. The Morgan fingerprint density at radius 2 is 1.55 bits per heavy atom. The average molecular weight is 828 g/mol. The number of hydrogen-bond acceptors (Lipinski definition) is 12. The van der Waals surface area contributed by atoms with Crippen LogP contribution in [0.2, 0.25) is 0 Å². The minimum atomic E-state index is -4.67. The molecule has 0 amide bonds. The molecule has 0 spiro atoms. The summed E-state index contributed by atoms with van der Waals surface area (Å²) in [6, 6.07) is 30.1. The maximum atomic E-state index is 14.0. The molecule has 0 bridgehead atoms. The minimum Gasteiger partial charge on any atom is -0.860 e. The average Bonchev–Trinajstić information content (AvgIpc) is 3.77. The van der Waals surface area contributed by atoms with E-state index in [4.69, 9.17) is 28.4 Å². The number of carbonyl (C=O) groups is 2. The Morgan fingerprint density at radius 1 is 0.879 bits per heavy atom. The van der Waals surface area contributed by atoms with Gasteiger partial charge in [-0.25, -0.2) is 14.2 Å². The number of furan rings is 1. The van der Waals surface area contributed by atoms with Gasteiger partial charge in [-0.15, -0.1) is 0 Å². The van der Waals surface area contributed by atoms with Crippen molar-refractivity contribution in [2.45, 2.75) is 45.1 Å². The largest absolute Gasteiger partial charge is 1.00 e. The number of aliphatic imine (C=N–C) groups is 2. The van der Waals surface area contributed by atoms with E-state index in [9.17, 15) is 24.4 Å². The summed E-state index contributed by atoms with van der Waals surface area (Å²) in [5.41, 5.74) is 0.980. The fourth-order valence-electron chi connectivity index (χ4n) is 5.85. The normalized spacial score (nSPS) is 13.5. The first-order valence-corrected chi connectivity index (χ1v) is 18.7. The molecule has 2 N–H and O–H groups in total. The molecule has 0 unspecified atom stereocenters. The molecule has 6 rings (SSSR count). The first-order chi connectivity index (χ1) is 26.8. The van der Waals surface area contributed by atoms with Gasteiger partial charge in [0.1, 0.15) is 17.4 Å². The first-order valence-electron chi connectivity index (χ1n) is 17.2. The van der Waals surface area contributed by atoms with Gasteiger partial charge in [-0.1, -0.05) is 78.9 Å². The smallest absolute Gasteiger partial charge is 0.860 e. The molecule has 0 aliphatic rings. The van der Waals surface area contributed by atoms with Crippen LogP contribution in [0.25, 0.3) is 21.9 Å². The maximum Gasteiger partial charge on any atom is 1.00 e. The van der Waals surface area contributed by atoms with E-state index in [1.54, 1.807) is 43.3 Å². The molecule has 0 fully saturated rings. The molecule has 15 nitrogen and oxygen atoms in total. The second kappa shape index (κ2) is 20.6. The summed E-state index contributed by atoms with van der Waals surface area (Å²) in [5.74, 6) is -1.13. The van der Waals surface area contributed by atoms with Crippen molar-refractivity contribution >= 4 is 53.7 Å². The van der Waals surface area contributed by atoms with Crippen molar-refractivity contribution in [2.75, 3.05) is 6.79 Å². The molecule has 0 aliphatic heterocycles. The third-order valence-electron chi connectivity index (χ3n) is 8.69. The molecule has 58 heavy (non-hydrogen) atoms. The van der Waals surface area contributed by atoms with Crippen LogP contribution in [0.1, 0.15) is 52.7 Å². The number of phosphoric ester groups is 1. The van der Waals surface area contributed by atoms with E-state index in [1.165, 1.54) is 42.0 Å². The van der Waals surface area contributed by atoms with Crippen LogP contribution in [-0.2, 0) is 42.9 Å². The van der Waals surface area contributed by atoms with Crippen LogP contribution in [0.4, 0.5) is 4.79 Å². The Labute approximate surface area is 377 Å². The van der Waals surface area contributed by atoms with Crippen LogP contribution in [-0.4, -0.2) is 50.7 Å². The molecule has 18 heteroatoms. The number of para-hydroxylation sites is 2. The van der Waals surface area contributed by atoms with Gasteiger partial charge in [-0.2, -0.15) is 0 Å². The molecule has 0 saturated heterocycles. The van der Waals surface area contributed by atoms with E-state index in [1.807, 2.05) is 48.5 Å². The Hall–Kier alpha value is -4.25. The van der Waals surface area contributed by atoms with Gasteiger partial charge in [-0.3, -0.25) is 19.1 Å². The Balaban J connectivity index is 0.00000372. The quantitative estimate of drug-likeness (QED) is 0.0357. The van der Waals surface area contributed by atoms with E-state index >= 15 is 0 Å². The number of phosphoric acid groups is 1. The zero-order chi connectivity index (χ0) is 39.9. The molecule has 6 aromatic rings. The van der Waals surface area contributed by atoms with Crippen LogP contribution in [0.3, 0.4) is 0 Å². The topological polar surface area (TPSA) is 218 Å². The summed E-state index contributed by atoms with van der Waals surface area (Å²) in [6.45, 7) is 1.87. The molecular weight excluding hydrogens is 791 g/mol. The van der Waals surface area contributed by atoms with Gasteiger partial charge in [-0.05, 0) is 66.8 Å². The summed E-state index contributed by atoms with van der Waals surface area (Å²) in [6.07, 6.45) is -0.628. The molecule has 0 aliphatic carbocycles. The van der Waals surface area contributed by atoms with Crippen LogP contribution < -0.4 is 69.3 Å². The Kier molecular flexibility index (Phi) is 16.5. The minimum absolute atomic E-state index is 0. The van der Waals surface area contributed by atoms with Crippen molar-refractivity contribution < 1.29 is 116 Å². The monoisotopic (exact) mass is 827 g/mol. The van der Waals surface area contributed by atoms with Gasteiger partial charge in [0.2, 0.25) is 6.79 Å². The SMILES string of the molecule is C[C@H](N=C([O-])[C@@](C)(Cc1cn(C(=O)OCOC(=O)c2ccc(COP(=O)(O)O)cc2)c2ccccc12)N=C([O-])OCc1cc2ccccc2o1)c1ccccc1.[Na+].[Na+]. The van der Waals surface area contributed by atoms with Gasteiger partial charge in [0, 0.05) is 23.4 Å². The number of ether oxygens (including phenoxy) is 3. The Morgan fingerprint density at radius 3 is 2.26 bits per heavy atom. The number of hydrogen-bond donors (Lipinski definition) is 2. The summed E-state index contributed by atoms with van der Waals surface area (Å²) >= 11 is 0. The van der Waals surface area contributed by atoms with Gasteiger partial charge in [0.05, 0.1) is 35.9 Å². The van der Waals surface area contributed by atoms with E-state index < -0.39 is 50.2 Å². The molecule has 0 saturated carbocycles. The Bertz CT molecular complexity index is 2420. The van der Waals surface area contributed by atoms with Gasteiger partial charge >= 0.3 is 79.0 Å². The van der Waals surface area contributed by atoms with Gasteiger partial charge in [0.25, 0.3) is 0 Å². The van der Waals surface area contributed by atoms with Crippen LogP contribution in [0.5, 0.6) is 0 Å². The van der Waals surface area contributed by atoms with Crippen molar-refractivity contribution in [2.24, 2.45) is 9.98 Å². The third-order valence-corrected chi connectivity index (χ3v) is 9.16. The van der Waals surface area contributed by atoms with Crippen molar-refractivity contribution in [3.05, 3.63) is 143 Å². The number of benzene rings is 4. The summed E-state index contributed by atoms with van der Waals surface area (Å²) in [4.78, 5) is 52.3. The fraction of sp³-hybridized carbons (Fsp3) is 0.200. The van der Waals surface area contributed by atoms with Crippen LogP contribution in [0, 0.1) is 0 Å². The zero-order valence-corrected chi connectivity index (χ0v) is 37.0. The summed E-state index contributed by atoms with van der Waals surface area (Å²) in [7, 11) is -4.67. The van der Waals surface area contributed by atoms with E-state index in [0.29, 0.717) is 33.4 Å². The molecule has 0 radical (unpaired) electrons. The number of nitrogens with zero attached hydrogens (tertiary/aromatic N) is 3. The molecular formula is C40H36N3Na2O12P. The van der Waals surface area contributed by atoms with Gasteiger partial charge < -0.3 is 38.6 Å². The molecule has 2 aromatic heterocycles. The predicted molar refractivity (Wildman–Crippen MR) is 200 cm³/mol. The second-order valence-electron chi connectivity index (χ2n) is 12.9. The fourth-order valence-corrected chi connectivity index (χ4v) is 6.17. The number of fused-ring (bicyclic) bond motifs is 2. The van der Waals surface area contributed by atoms with Crippen LogP contribution in [0.15, 0.2) is 130 Å². The van der Waals surface area contributed by atoms with E-state index in [0.717, 1.165) is 10.9 Å².